The number of fused-ring (bicyclic) bond motifs is 3. The van der Waals surface area contributed by atoms with E-state index in [4.69, 9.17) is 0 Å². The smallest absolute Gasteiger partial charge is 0.239 e. The van der Waals surface area contributed by atoms with Crippen molar-refractivity contribution in [1.29, 1.82) is 0 Å². The van der Waals surface area contributed by atoms with Gasteiger partial charge in [-0.25, -0.2) is 0 Å². The maximum Gasteiger partial charge on any atom is 0.239 e. The van der Waals surface area contributed by atoms with E-state index in [0.29, 0.717) is 12.0 Å². The molecule has 126 valence electrons. The molecule has 24 heavy (non-hydrogen) atoms. The minimum atomic E-state index is -0.405. The normalized spacial score (nSPS) is 44.0. The molecular formula is C20H24N2O2. The van der Waals surface area contributed by atoms with E-state index in [1.165, 1.54) is 11.1 Å². The Kier molecular flexibility index (Phi) is 2.88. The van der Waals surface area contributed by atoms with Gasteiger partial charge in [0, 0.05) is 43.9 Å². The minimum Gasteiger partial charge on any atom is -0.396 e. The lowest BCUT2D eigenvalue weighted by atomic mass is 9.69. The molecular weight excluding hydrogens is 300 g/mol. The van der Waals surface area contributed by atoms with Crippen LogP contribution in [0.15, 0.2) is 35.9 Å². The summed E-state index contributed by atoms with van der Waals surface area (Å²) in [4.78, 5) is 17.8. The molecule has 6 atom stereocenters. The molecule has 4 heteroatoms. The van der Waals surface area contributed by atoms with Gasteiger partial charge in [-0.05, 0) is 37.3 Å². The topological polar surface area (TPSA) is 43.8 Å². The number of aliphatic hydroxyl groups is 1. The maximum atomic E-state index is 13.4. The highest BCUT2D eigenvalue weighted by molar-refractivity contribution is 6.08. The van der Waals surface area contributed by atoms with Crippen molar-refractivity contribution in [2.45, 2.75) is 37.3 Å². The van der Waals surface area contributed by atoms with Crippen molar-refractivity contribution in [2.24, 2.45) is 11.8 Å². The fourth-order valence-electron chi connectivity index (χ4n) is 6.24. The van der Waals surface area contributed by atoms with Crippen LogP contribution in [0.4, 0.5) is 5.69 Å². The molecule has 0 aliphatic carbocycles. The van der Waals surface area contributed by atoms with Crippen molar-refractivity contribution in [3.63, 3.8) is 0 Å². The number of para-hydroxylation sites is 1. The molecule has 6 rings (SSSR count). The molecule has 1 unspecified atom stereocenters. The number of carbonyl (C=O) groups is 1. The first kappa shape index (κ1) is 14.7. The van der Waals surface area contributed by atoms with Crippen LogP contribution in [0.5, 0.6) is 0 Å². The van der Waals surface area contributed by atoms with E-state index in [0.717, 1.165) is 25.1 Å². The summed E-state index contributed by atoms with van der Waals surface area (Å²) < 4.78 is 0. The van der Waals surface area contributed by atoms with Gasteiger partial charge in [0.15, 0.2) is 0 Å². The summed E-state index contributed by atoms with van der Waals surface area (Å²) in [6.07, 6.45) is 4.08. The molecule has 4 fully saturated rings. The summed E-state index contributed by atoms with van der Waals surface area (Å²) in [6.45, 7) is 3.29. The van der Waals surface area contributed by atoms with Crippen LogP contribution in [-0.2, 0) is 10.2 Å². The number of likely N-dealkylation sites (N-methyl/N-ethyl adjacent to an activating group) is 1. The van der Waals surface area contributed by atoms with Gasteiger partial charge in [0.1, 0.15) is 0 Å². The number of carbonyl (C=O) groups excluding carboxylic acids is 1. The van der Waals surface area contributed by atoms with Crippen molar-refractivity contribution in [1.82, 2.24) is 4.90 Å². The third-order valence-corrected chi connectivity index (χ3v) is 7.27. The average Bonchev–Trinajstić information content (AvgIpc) is 3.00. The van der Waals surface area contributed by atoms with Gasteiger partial charge in [0.25, 0.3) is 0 Å². The van der Waals surface area contributed by atoms with Gasteiger partial charge in [-0.3, -0.25) is 9.69 Å². The number of rotatable bonds is 1. The standard InChI is InChI=1S/C20H24N2O2/c1-3-12-10-22-17-9-20(18(22)8-13(12)14(17)11-23)15-6-4-5-7-16(15)21(2)19(20)24/h3-7,13-14,17-18,23H,8-11H2,1-2H3/b12-3-/t13-,14-,17+,18+,20+/m1/s1. The zero-order chi connectivity index (χ0) is 16.6. The summed E-state index contributed by atoms with van der Waals surface area (Å²) in [6, 6.07) is 8.90. The highest BCUT2D eigenvalue weighted by Gasteiger charge is 2.68. The van der Waals surface area contributed by atoms with Gasteiger partial charge >= 0.3 is 0 Å². The molecule has 4 nitrogen and oxygen atoms in total. The zero-order valence-electron chi connectivity index (χ0n) is 14.3. The Balaban J connectivity index is 1.68. The Labute approximate surface area is 142 Å². The van der Waals surface area contributed by atoms with Gasteiger partial charge in [0.2, 0.25) is 5.91 Å². The summed E-state index contributed by atoms with van der Waals surface area (Å²) >= 11 is 0. The maximum absolute atomic E-state index is 13.4. The third kappa shape index (κ3) is 1.46. The third-order valence-electron chi connectivity index (χ3n) is 7.27. The van der Waals surface area contributed by atoms with E-state index in [2.05, 4.69) is 36.1 Å². The fraction of sp³-hybridized carbons (Fsp3) is 0.550. The first-order valence-electron chi connectivity index (χ1n) is 9.02. The first-order valence-corrected chi connectivity index (χ1v) is 9.02. The Morgan fingerprint density at radius 3 is 2.92 bits per heavy atom. The predicted octanol–water partition coefficient (Wildman–Crippen LogP) is 1.93. The summed E-state index contributed by atoms with van der Waals surface area (Å²) in [7, 11) is 1.91. The Morgan fingerprint density at radius 2 is 2.17 bits per heavy atom. The van der Waals surface area contributed by atoms with Crippen molar-refractivity contribution in [3.05, 3.63) is 41.5 Å². The molecule has 5 aliphatic heterocycles. The lowest BCUT2D eigenvalue weighted by molar-refractivity contribution is -0.124. The zero-order valence-corrected chi connectivity index (χ0v) is 14.3. The number of aliphatic hydroxyl groups excluding tert-OH is 1. The monoisotopic (exact) mass is 324 g/mol. The number of piperidine rings is 3. The molecule has 1 N–H and O–H groups in total. The second-order valence-corrected chi connectivity index (χ2v) is 7.86. The van der Waals surface area contributed by atoms with Crippen molar-refractivity contribution >= 4 is 11.6 Å². The Morgan fingerprint density at radius 1 is 1.38 bits per heavy atom. The average molecular weight is 324 g/mol. The van der Waals surface area contributed by atoms with Crippen LogP contribution in [-0.4, -0.2) is 48.2 Å². The second kappa shape index (κ2) is 4.70. The molecule has 1 aromatic rings. The highest BCUT2D eigenvalue weighted by Crippen LogP contribution is 2.61. The van der Waals surface area contributed by atoms with Crippen LogP contribution < -0.4 is 4.90 Å². The van der Waals surface area contributed by atoms with E-state index >= 15 is 0 Å². The Hall–Kier alpha value is -1.65. The number of nitrogens with zero attached hydrogens (tertiary/aromatic N) is 2. The molecule has 1 aromatic carbocycles. The van der Waals surface area contributed by atoms with Gasteiger partial charge in [-0.2, -0.15) is 0 Å². The molecule has 0 radical (unpaired) electrons. The lowest BCUT2D eigenvalue weighted by Crippen LogP contribution is -2.59. The number of benzene rings is 1. The molecule has 1 amide bonds. The minimum absolute atomic E-state index is 0.220. The van der Waals surface area contributed by atoms with E-state index < -0.39 is 5.41 Å². The van der Waals surface area contributed by atoms with Crippen LogP contribution in [0, 0.1) is 11.8 Å². The van der Waals surface area contributed by atoms with Gasteiger partial charge in [-0.15, -0.1) is 0 Å². The Bertz CT molecular complexity index is 758. The molecule has 4 saturated heterocycles. The molecule has 5 heterocycles. The van der Waals surface area contributed by atoms with Crippen molar-refractivity contribution < 1.29 is 9.90 Å². The van der Waals surface area contributed by atoms with Crippen LogP contribution in [0.25, 0.3) is 0 Å². The number of amides is 1. The quantitative estimate of drug-likeness (QED) is 0.803. The number of anilines is 1. The summed E-state index contributed by atoms with van der Waals surface area (Å²) in [5.41, 5.74) is 3.32. The van der Waals surface area contributed by atoms with Crippen molar-refractivity contribution in [2.75, 3.05) is 25.1 Å². The van der Waals surface area contributed by atoms with Crippen LogP contribution in [0.1, 0.15) is 25.3 Å². The van der Waals surface area contributed by atoms with Crippen molar-refractivity contribution in [3.8, 4) is 0 Å². The first-order chi connectivity index (χ1) is 11.6. The predicted molar refractivity (Wildman–Crippen MR) is 92.9 cm³/mol. The van der Waals surface area contributed by atoms with Gasteiger partial charge in [0.05, 0.1) is 5.41 Å². The highest BCUT2D eigenvalue weighted by atomic mass is 16.3. The van der Waals surface area contributed by atoms with E-state index in [9.17, 15) is 9.90 Å². The second-order valence-electron chi connectivity index (χ2n) is 7.86. The number of allylic oxidation sites excluding steroid dienone is 1. The lowest BCUT2D eigenvalue weighted by Gasteiger charge is -2.52. The van der Waals surface area contributed by atoms with Gasteiger partial charge < -0.3 is 10.0 Å². The molecule has 4 bridgehead atoms. The summed E-state index contributed by atoms with van der Waals surface area (Å²) in [5.74, 6) is 0.958. The SMILES string of the molecule is C/C=C1/CN2[C@H]3C[C@H]1[C@@H](CO)[C@@H]2C[C@@]31C(=O)N(C)c2ccccc21. The fourth-order valence-corrected chi connectivity index (χ4v) is 6.24. The molecule has 0 saturated carbocycles. The van der Waals surface area contributed by atoms with E-state index in [-0.39, 0.29) is 24.5 Å². The van der Waals surface area contributed by atoms with E-state index in [1.807, 2.05) is 18.0 Å². The van der Waals surface area contributed by atoms with E-state index in [1.54, 1.807) is 0 Å². The number of hydrogen-bond acceptors (Lipinski definition) is 3. The van der Waals surface area contributed by atoms with Crippen LogP contribution in [0.3, 0.4) is 0 Å². The molecule has 1 spiro atoms. The molecule has 0 aromatic heterocycles. The molecule has 5 aliphatic rings. The number of hydrogen-bond donors (Lipinski definition) is 1. The largest absolute Gasteiger partial charge is 0.396 e. The summed E-state index contributed by atoms with van der Waals surface area (Å²) in [5, 5.41) is 10.0. The van der Waals surface area contributed by atoms with Crippen LogP contribution >= 0.6 is 0 Å². The van der Waals surface area contributed by atoms with Gasteiger partial charge in [-0.1, -0.05) is 29.8 Å². The van der Waals surface area contributed by atoms with Crippen LogP contribution in [0.2, 0.25) is 0 Å².